The summed E-state index contributed by atoms with van der Waals surface area (Å²) in [6.45, 7) is 9.89. The van der Waals surface area contributed by atoms with E-state index in [9.17, 15) is 8.42 Å². The lowest BCUT2D eigenvalue weighted by molar-refractivity contribution is 0.386. The van der Waals surface area contributed by atoms with Crippen LogP contribution < -0.4 is 0 Å². The highest BCUT2D eigenvalue weighted by molar-refractivity contribution is 7.99. The van der Waals surface area contributed by atoms with Gasteiger partial charge in [0.1, 0.15) is 5.69 Å². The van der Waals surface area contributed by atoms with Crippen molar-refractivity contribution >= 4 is 21.8 Å². The van der Waals surface area contributed by atoms with Gasteiger partial charge in [0.05, 0.1) is 4.90 Å². The van der Waals surface area contributed by atoms with E-state index in [1.807, 2.05) is 23.9 Å². The van der Waals surface area contributed by atoms with Crippen LogP contribution in [-0.4, -0.2) is 49.6 Å². The minimum Gasteiger partial charge on any atom is -0.301 e. The molecule has 0 amide bonds. The second kappa shape index (κ2) is 9.60. The molecule has 0 saturated carbocycles. The van der Waals surface area contributed by atoms with Crippen LogP contribution in [0.1, 0.15) is 44.5 Å². The van der Waals surface area contributed by atoms with Crippen molar-refractivity contribution in [3.63, 3.8) is 0 Å². The molecular formula is C23H32N6O2S2. The molecule has 0 bridgehead atoms. The number of rotatable bonds is 8. The van der Waals surface area contributed by atoms with Gasteiger partial charge in [0.2, 0.25) is 10.0 Å². The summed E-state index contributed by atoms with van der Waals surface area (Å²) in [5, 5.41) is 14.4. The van der Waals surface area contributed by atoms with E-state index < -0.39 is 10.0 Å². The summed E-state index contributed by atoms with van der Waals surface area (Å²) in [6.07, 6.45) is 1.54. The van der Waals surface area contributed by atoms with Gasteiger partial charge in [-0.05, 0) is 42.7 Å². The predicted octanol–water partition coefficient (Wildman–Crippen LogP) is 3.76. The molecule has 1 aliphatic rings. The minimum atomic E-state index is -3.61. The SMILES string of the molecule is CCSc1nnc(-c2nn(C)c3c2CN(S(=O)(=O)c2ccc(CC(C)C)cc2)CC3)n1CC. The van der Waals surface area contributed by atoms with Crippen molar-refractivity contribution in [2.24, 2.45) is 13.0 Å². The van der Waals surface area contributed by atoms with E-state index in [4.69, 9.17) is 5.10 Å². The van der Waals surface area contributed by atoms with Crippen molar-refractivity contribution in [1.29, 1.82) is 0 Å². The van der Waals surface area contributed by atoms with Crippen molar-refractivity contribution < 1.29 is 8.42 Å². The molecule has 1 aliphatic heterocycles. The van der Waals surface area contributed by atoms with Gasteiger partial charge >= 0.3 is 0 Å². The fourth-order valence-corrected chi connectivity index (χ4v) is 6.49. The van der Waals surface area contributed by atoms with Gasteiger partial charge < -0.3 is 4.57 Å². The van der Waals surface area contributed by atoms with Gasteiger partial charge in [-0.2, -0.15) is 9.40 Å². The first-order valence-corrected chi connectivity index (χ1v) is 13.9. The number of hydrogen-bond acceptors (Lipinski definition) is 6. The molecule has 33 heavy (non-hydrogen) atoms. The molecule has 0 fully saturated rings. The predicted molar refractivity (Wildman–Crippen MR) is 131 cm³/mol. The zero-order valence-corrected chi connectivity index (χ0v) is 21.6. The summed E-state index contributed by atoms with van der Waals surface area (Å²) in [5.41, 5.74) is 3.84. The van der Waals surface area contributed by atoms with Gasteiger partial charge in [0.15, 0.2) is 11.0 Å². The van der Waals surface area contributed by atoms with Crippen LogP contribution >= 0.6 is 11.8 Å². The summed E-state index contributed by atoms with van der Waals surface area (Å²) in [6, 6.07) is 7.31. The van der Waals surface area contributed by atoms with Crippen molar-refractivity contribution in [2.75, 3.05) is 12.3 Å². The number of hydrogen-bond donors (Lipinski definition) is 0. The van der Waals surface area contributed by atoms with E-state index in [1.165, 1.54) is 0 Å². The number of sulfonamides is 1. The Labute approximate surface area is 200 Å². The first-order chi connectivity index (χ1) is 15.8. The standard InChI is InChI=1S/C23H32N6O2S2/c1-6-29-22(24-25-23(29)32-7-2)21-19-15-28(13-12-20(19)27(5)26-21)33(30,31)18-10-8-17(9-11-18)14-16(3)4/h8-11,16H,6-7,12-15H2,1-5H3. The Hall–Kier alpha value is -2.17. The summed E-state index contributed by atoms with van der Waals surface area (Å²) in [4.78, 5) is 0.335. The third-order valence-electron chi connectivity index (χ3n) is 5.93. The Morgan fingerprint density at radius 3 is 2.48 bits per heavy atom. The Balaban J connectivity index is 1.66. The zero-order chi connectivity index (χ0) is 23.8. The third-order valence-corrected chi connectivity index (χ3v) is 8.64. The Morgan fingerprint density at radius 1 is 1.12 bits per heavy atom. The van der Waals surface area contributed by atoms with Crippen molar-refractivity contribution in [1.82, 2.24) is 28.9 Å². The lowest BCUT2D eigenvalue weighted by atomic mass is 10.0. The minimum absolute atomic E-state index is 0.279. The lowest BCUT2D eigenvalue weighted by Gasteiger charge is -2.27. The molecule has 8 nitrogen and oxygen atoms in total. The summed E-state index contributed by atoms with van der Waals surface area (Å²) >= 11 is 1.64. The van der Waals surface area contributed by atoms with Crippen LogP contribution in [0.3, 0.4) is 0 Å². The van der Waals surface area contributed by atoms with Crippen molar-refractivity contribution in [3.8, 4) is 11.5 Å². The van der Waals surface area contributed by atoms with Crippen LogP contribution in [-0.2, 0) is 43.0 Å². The van der Waals surface area contributed by atoms with E-state index in [1.54, 1.807) is 28.2 Å². The summed E-state index contributed by atoms with van der Waals surface area (Å²) in [7, 11) is -1.70. The van der Waals surface area contributed by atoms with Gasteiger partial charge in [0, 0.05) is 44.4 Å². The van der Waals surface area contributed by atoms with E-state index >= 15 is 0 Å². The second-order valence-corrected chi connectivity index (χ2v) is 11.9. The van der Waals surface area contributed by atoms with Crippen LogP contribution in [0.5, 0.6) is 0 Å². The Kier molecular flexibility index (Phi) is 6.97. The van der Waals surface area contributed by atoms with E-state index in [2.05, 4.69) is 42.5 Å². The fraction of sp³-hybridized carbons (Fsp3) is 0.522. The molecule has 0 aliphatic carbocycles. The van der Waals surface area contributed by atoms with Crippen LogP contribution in [0.25, 0.3) is 11.5 Å². The van der Waals surface area contributed by atoms with E-state index in [0.29, 0.717) is 29.6 Å². The second-order valence-electron chi connectivity index (χ2n) is 8.71. The van der Waals surface area contributed by atoms with Gasteiger partial charge in [0.25, 0.3) is 0 Å². The molecule has 1 aromatic carbocycles. The molecule has 0 saturated heterocycles. The molecule has 10 heteroatoms. The van der Waals surface area contributed by atoms with Gasteiger partial charge in [-0.3, -0.25) is 4.68 Å². The number of thioether (sulfide) groups is 1. The Morgan fingerprint density at radius 2 is 1.85 bits per heavy atom. The maximum absolute atomic E-state index is 13.5. The van der Waals surface area contributed by atoms with Crippen LogP contribution in [0.2, 0.25) is 0 Å². The maximum Gasteiger partial charge on any atom is 0.243 e. The molecule has 178 valence electrons. The number of benzene rings is 1. The van der Waals surface area contributed by atoms with E-state index in [0.717, 1.165) is 46.4 Å². The number of nitrogens with zero attached hydrogens (tertiary/aromatic N) is 6. The highest BCUT2D eigenvalue weighted by atomic mass is 32.2. The maximum atomic E-state index is 13.5. The molecule has 3 heterocycles. The molecule has 0 N–H and O–H groups in total. The quantitative estimate of drug-likeness (QED) is 0.449. The summed E-state index contributed by atoms with van der Waals surface area (Å²) < 4.78 is 32.4. The van der Waals surface area contributed by atoms with Gasteiger partial charge in [-0.1, -0.05) is 44.7 Å². The van der Waals surface area contributed by atoms with Gasteiger partial charge in [-0.25, -0.2) is 8.42 Å². The van der Waals surface area contributed by atoms with Crippen LogP contribution in [0.15, 0.2) is 34.3 Å². The fourth-order valence-electron chi connectivity index (χ4n) is 4.36. The molecule has 2 aromatic heterocycles. The molecule has 0 spiro atoms. The summed E-state index contributed by atoms with van der Waals surface area (Å²) in [5.74, 6) is 2.13. The smallest absolute Gasteiger partial charge is 0.243 e. The molecule has 4 rings (SSSR count). The molecule has 0 radical (unpaired) electrons. The highest BCUT2D eigenvalue weighted by Crippen LogP contribution is 2.33. The largest absolute Gasteiger partial charge is 0.301 e. The molecule has 0 unspecified atom stereocenters. The molecule has 0 atom stereocenters. The normalized spacial score (nSPS) is 14.7. The monoisotopic (exact) mass is 488 g/mol. The average molecular weight is 489 g/mol. The average Bonchev–Trinajstić information content (AvgIpc) is 3.34. The van der Waals surface area contributed by atoms with Crippen molar-refractivity contribution in [2.45, 2.75) is 63.7 Å². The number of aryl methyl sites for hydroxylation is 1. The van der Waals surface area contributed by atoms with Crippen LogP contribution in [0, 0.1) is 5.92 Å². The number of aromatic nitrogens is 5. The zero-order valence-electron chi connectivity index (χ0n) is 19.9. The molecular weight excluding hydrogens is 456 g/mol. The topological polar surface area (TPSA) is 85.9 Å². The molecule has 3 aromatic rings. The lowest BCUT2D eigenvalue weighted by Crippen LogP contribution is -2.36. The van der Waals surface area contributed by atoms with Crippen molar-refractivity contribution in [3.05, 3.63) is 41.1 Å². The van der Waals surface area contributed by atoms with E-state index in [-0.39, 0.29) is 6.54 Å². The highest BCUT2D eigenvalue weighted by Gasteiger charge is 2.33. The Bertz CT molecular complexity index is 1230. The number of fused-ring (bicyclic) bond motifs is 1. The van der Waals surface area contributed by atoms with Crippen LogP contribution in [0.4, 0.5) is 0 Å². The first kappa shape index (κ1) is 24.0. The van der Waals surface area contributed by atoms with Gasteiger partial charge in [-0.15, -0.1) is 10.2 Å². The third kappa shape index (κ3) is 4.61. The first-order valence-electron chi connectivity index (χ1n) is 11.5.